The summed E-state index contributed by atoms with van der Waals surface area (Å²) in [5, 5.41) is 1.90. The second kappa shape index (κ2) is 8.22. The quantitative estimate of drug-likeness (QED) is 0.879. The molecule has 0 aromatic heterocycles. The number of ether oxygens (including phenoxy) is 1. The van der Waals surface area contributed by atoms with Gasteiger partial charge in [0.1, 0.15) is 12.3 Å². The standard InChI is InChI=1S/C17H21F3N2O3/c1-12(25-14-5-3-2-4-6-14)16(24)22-9-7-13(8-10-22)15(23)21-11-17(18,19)20/h2-6,12-13H,7-11H2,1H3,(H,21,23). The first-order valence-electron chi connectivity index (χ1n) is 8.11. The highest BCUT2D eigenvalue weighted by molar-refractivity contribution is 5.82. The van der Waals surface area contributed by atoms with Crippen LogP contribution in [0.3, 0.4) is 0 Å². The monoisotopic (exact) mass is 358 g/mol. The molecule has 1 saturated heterocycles. The number of carbonyl (C=O) groups excluding carboxylic acids is 2. The third-order valence-corrected chi connectivity index (χ3v) is 4.04. The minimum atomic E-state index is -4.42. The van der Waals surface area contributed by atoms with E-state index in [2.05, 4.69) is 0 Å². The maximum absolute atomic E-state index is 12.4. The Morgan fingerprint density at radius 2 is 1.84 bits per heavy atom. The van der Waals surface area contributed by atoms with Crippen molar-refractivity contribution in [2.45, 2.75) is 32.0 Å². The summed E-state index contributed by atoms with van der Waals surface area (Å²) in [6.45, 7) is 0.973. The van der Waals surface area contributed by atoms with Crippen LogP contribution in [0.4, 0.5) is 13.2 Å². The lowest BCUT2D eigenvalue weighted by Crippen LogP contribution is -2.47. The number of nitrogens with zero attached hydrogens (tertiary/aromatic N) is 1. The maximum Gasteiger partial charge on any atom is 0.405 e. The van der Waals surface area contributed by atoms with Crippen LogP contribution in [-0.2, 0) is 9.59 Å². The molecule has 1 atom stereocenters. The van der Waals surface area contributed by atoms with Gasteiger partial charge >= 0.3 is 6.18 Å². The summed E-state index contributed by atoms with van der Waals surface area (Å²) in [6.07, 6.45) is -4.41. The van der Waals surface area contributed by atoms with E-state index in [1.165, 1.54) is 0 Å². The third-order valence-electron chi connectivity index (χ3n) is 4.04. The Bertz CT molecular complexity index is 585. The average Bonchev–Trinajstić information content (AvgIpc) is 2.59. The topological polar surface area (TPSA) is 58.6 Å². The minimum Gasteiger partial charge on any atom is -0.481 e. The lowest BCUT2D eigenvalue weighted by molar-refractivity contribution is -0.144. The van der Waals surface area contributed by atoms with Crippen LogP contribution in [0, 0.1) is 5.92 Å². The van der Waals surface area contributed by atoms with E-state index >= 15 is 0 Å². The zero-order valence-electron chi connectivity index (χ0n) is 13.9. The molecule has 0 bridgehead atoms. The van der Waals surface area contributed by atoms with Gasteiger partial charge in [0, 0.05) is 19.0 Å². The summed E-state index contributed by atoms with van der Waals surface area (Å²) in [4.78, 5) is 25.7. The van der Waals surface area contributed by atoms with Gasteiger partial charge in [-0.1, -0.05) is 18.2 Å². The Morgan fingerprint density at radius 3 is 2.40 bits per heavy atom. The number of nitrogens with one attached hydrogen (secondary N) is 1. The number of hydrogen-bond acceptors (Lipinski definition) is 3. The number of alkyl halides is 3. The van der Waals surface area contributed by atoms with Gasteiger partial charge < -0.3 is 15.0 Å². The van der Waals surface area contributed by atoms with Gasteiger partial charge in [-0.05, 0) is 31.9 Å². The highest BCUT2D eigenvalue weighted by Gasteiger charge is 2.32. The normalized spacial score (nSPS) is 17.0. The zero-order chi connectivity index (χ0) is 18.4. The summed E-state index contributed by atoms with van der Waals surface area (Å²) in [5.41, 5.74) is 0. The number of para-hydroxylation sites is 1. The first-order valence-corrected chi connectivity index (χ1v) is 8.11. The van der Waals surface area contributed by atoms with Crippen molar-refractivity contribution >= 4 is 11.8 Å². The van der Waals surface area contributed by atoms with Crippen molar-refractivity contribution in [3.8, 4) is 5.75 Å². The van der Waals surface area contributed by atoms with Crippen molar-refractivity contribution in [2.75, 3.05) is 19.6 Å². The summed E-state index contributed by atoms with van der Waals surface area (Å²) in [7, 11) is 0. The van der Waals surface area contributed by atoms with Crippen LogP contribution in [0.1, 0.15) is 19.8 Å². The second-order valence-corrected chi connectivity index (χ2v) is 6.01. The highest BCUT2D eigenvalue weighted by atomic mass is 19.4. The molecule has 25 heavy (non-hydrogen) atoms. The van der Waals surface area contributed by atoms with Crippen LogP contribution in [0.2, 0.25) is 0 Å². The van der Waals surface area contributed by atoms with Crippen LogP contribution in [0.15, 0.2) is 30.3 Å². The lowest BCUT2D eigenvalue weighted by atomic mass is 9.95. The lowest BCUT2D eigenvalue weighted by Gasteiger charge is -2.33. The molecule has 1 aliphatic heterocycles. The van der Waals surface area contributed by atoms with Gasteiger partial charge in [-0.3, -0.25) is 9.59 Å². The molecule has 1 N–H and O–H groups in total. The van der Waals surface area contributed by atoms with E-state index < -0.39 is 30.7 Å². The smallest absolute Gasteiger partial charge is 0.405 e. The highest BCUT2D eigenvalue weighted by Crippen LogP contribution is 2.20. The van der Waals surface area contributed by atoms with Gasteiger partial charge in [0.25, 0.3) is 5.91 Å². The van der Waals surface area contributed by atoms with Gasteiger partial charge in [0.15, 0.2) is 6.10 Å². The van der Waals surface area contributed by atoms with Crippen LogP contribution >= 0.6 is 0 Å². The molecular weight excluding hydrogens is 337 g/mol. The average molecular weight is 358 g/mol. The Hall–Kier alpha value is -2.25. The summed E-state index contributed by atoms with van der Waals surface area (Å²) >= 11 is 0. The molecule has 0 saturated carbocycles. The first kappa shape index (κ1) is 19.1. The van der Waals surface area contributed by atoms with E-state index in [9.17, 15) is 22.8 Å². The van der Waals surface area contributed by atoms with Crippen molar-refractivity contribution in [2.24, 2.45) is 5.92 Å². The van der Waals surface area contributed by atoms with Gasteiger partial charge in [-0.2, -0.15) is 13.2 Å². The number of amides is 2. The molecule has 2 amide bonds. The molecule has 1 unspecified atom stereocenters. The third kappa shape index (κ3) is 5.95. The Labute approximate surface area is 144 Å². The first-order chi connectivity index (χ1) is 11.8. The van der Waals surface area contributed by atoms with E-state index in [0.29, 0.717) is 31.7 Å². The molecule has 2 rings (SSSR count). The molecule has 0 radical (unpaired) electrons. The number of carbonyl (C=O) groups is 2. The van der Waals surface area contributed by atoms with E-state index in [1.807, 2.05) is 11.4 Å². The van der Waals surface area contributed by atoms with E-state index in [-0.39, 0.29) is 5.91 Å². The fourth-order valence-electron chi connectivity index (χ4n) is 2.70. The molecule has 5 nitrogen and oxygen atoms in total. The number of piperidine rings is 1. The Balaban J connectivity index is 1.79. The van der Waals surface area contributed by atoms with E-state index in [1.54, 1.807) is 36.1 Å². The summed E-state index contributed by atoms with van der Waals surface area (Å²) in [5.74, 6) is -0.725. The number of halogens is 3. The molecule has 138 valence electrons. The van der Waals surface area contributed by atoms with Crippen LogP contribution in [0.5, 0.6) is 5.75 Å². The predicted molar refractivity (Wildman–Crippen MR) is 84.9 cm³/mol. The molecule has 1 aromatic carbocycles. The SMILES string of the molecule is CC(Oc1ccccc1)C(=O)N1CCC(C(=O)NCC(F)(F)F)CC1. The molecule has 0 spiro atoms. The van der Waals surface area contributed by atoms with Crippen LogP contribution in [0.25, 0.3) is 0 Å². The zero-order valence-corrected chi connectivity index (χ0v) is 13.9. The summed E-state index contributed by atoms with van der Waals surface area (Å²) < 4.78 is 42.0. The van der Waals surface area contributed by atoms with Crippen LogP contribution < -0.4 is 10.1 Å². The number of rotatable bonds is 5. The van der Waals surface area contributed by atoms with Crippen molar-refractivity contribution < 1.29 is 27.5 Å². The van der Waals surface area contributed by atoms with Gasteiger partial charge in [0.2, 0.25) is 5.91 Å². The molecule has 1 aliphatic rings. The van der Waals surface area contributed by atoms with Crippen molar-refractivity contribution in [1.29, 1.82) is 0 Å². The minimum absolute atomic E-state index is 0.196. The van der Waals surface area contributed by atoms with Gasteiger partial charge in [-0.25, -0.2) is 0 Å². The molecule has 8 heteroatoms. The number of likely N-dealkylation sites (tertiary alicyclic amines) is 1. The Morgan fingerprint density at radius 1 is 1.24 bits per heavy atom. The van der Waals surface area contributed by atoms with E-state index in [0.717, 1.165) is 0 Å². The van der Waals surface area contributed by atoms with E-state index in [4.69, 9.17) is 4.74 Å². The molecule has 1 fully saturated rings. The van der Waals surface area contributed by atoms with Gasteiger partial charge in [0.05, 0.1) is 0 Å². The number of benzene rings is 1. The fraction of sp³-hybridized carbons (Fsp3) is 0.529. The second-order valence-electron chi connectivity index (χ2n) is 6.01. The van der Waals surface area contributed by atoms with Crippen LogP contribution in [-0.4, -0.2) is 48.6 Å². The fourth-order valence-corrected chi connectivity index (χ4v) is 2.70. The molecular formula is C17H21F3N2O3. The molecule has 0 aliphatic carbocycles. The van der Waals surface area contributed by atoms with Crippen molar-refractivity contribution in [3.63, 3.8) is 0 Å². The predicted octanol–water partition coefficient (Wildman–Crippen LogP) is 2.37. The number of hydrogen-bond donors (Lipinski definition) is 1. The molecule has 1 aromatic rings. The van der Waals surface area contributed by atoms with Gasteiger partial charge in [-0.15, -0.1) is 0 Å². The van der Waals surface area contributed by atoms with Crippen molar-refractivity contribution in [3.05, 3.63) is 30.3 Å². The molecule has 1 heterocycles. The largest absolute Gasteiger partial charge is 0.481 e. The summed E-state index contributed by atoms with van der Waals surface area (Å²) in [6, 6.07) is 8.95. The Kier molecular flexibility index (Phi) is 6.27. The maximum atomic E-state index is 12.4. The van der Waals surface area contributed by atoms with Crippen molar-refractivity contribution in [1.82, 2.24) is 10.2 Å².